The molecule has 1 aliphatic rings. The SMILES string of the molecule is C[C@@H]1CC(=C(F)F)CCN1C(=O)OC(C)(C)C. The number of nitrogens with zero attached hydrogens (tertiary/aromatic N) is 1. The molecule has 3 nitrogen and oxygen atoms in total. The van der Waals surface area contributed by atoms with Gasteiger partial charge in [-0.05, 0) is 46.1 Å². The van der Waals surface area contributed by atoms with Crippen LogP contribution in [0.4, 0.5) is 13.6 Å². The molecule has 0 aromatic heterocycles. The van der Waals surface area contributed by atoms with E-state index in [0.29, 0.717) is 6.54 Å². The van der Waals surface area contributed by atoms with E-state index in [-0.39, 0.29) is 24.5 Å². The summed E-state index contributed by atoms with van der Waals surface area (Å²) in [6.45, 7) is 7.40. The highest BCUT2D eigenvalue weighted by atomic mass is 19.3. The van der Waals surface area contributed by atoms with Gasteiger partial charge in [-0.25, -0.2) is 4.79 Å². The molecule has 0 bridgehead atoms. The second kappa shape index (κ2) is 5.02. The van der Waals surface area contributed by atoms with Crippen molar-refractivity contribution in [2.24, 2.45) is 0 Å². The Morgan fingerprint density at radius 2 is 2.00 bits per heavy atom. The number of halogens is 2. The van der Waals surface area contributed by atoms with Crippen molar-refractivity contribution in [3.8, 4) is 0 Å². The fourth-order valence-corrected chi connectivity index (χ4v) is 1.81. The van der Waals surface area contributed by atoms with Crippen molar-refractivity contribution in [2.75, 3.05) is 6.54 Å². The third kappa shape index (κ3) is 3.98. The quantitative estimate of drug-likeness (QED) is 0.655. The fraction of sp³-hybridized carbons (Fsp3) is 0.750. The monoisotopic (exact) mass is 247 g/mol. The molecule has 0 saturated carbocycles. The Labute approximate surface area is 100 Å². The summed E-state index contributed by atoms with van der Waals surface area (Å²) in [6, 6.07) is -0.241. The molecule has 1 heterocycles. The van der Waals surface area contributed by atoms with Gasteiger partial charge in [0, 0.05) is 12.6 Å². The number of hydrogen-bond donors (Lipinski definition) is 0. The summed E-state index contributed by atoms with van der Waals surface area (Å²) >= 11 is 0. The molecule has 98 valence electrons. The van der Waals surface area contributed by atoms with Crippen molar-refractivity contribution in [3.63, 3.8) is 0 Å². The van der Waals surface area contributed by atoms with Crippen molar-refractivity contribution in [2.45, 2.75) is 52.2 Å². The lowest BCUT2D eigenvalue weighted by atomic mass is 9.99. The Morgan fingerprint density at radius 3 is 2.41 bits per heavy atom. The zero-order valence-corrected chi connectivity index (χ0v) is 10.7. The number of hydrogen-bond acceptors (Lipinski definition) is 2. The van der Waals surface area contributed by atoms with Gasteiger partial charge in [-0.3, -0.25) is 0 Å². The minimum atomic E-state index is -1.61. The summed E-state index contributed by atoms with van der Waals surface area (Å²) in [4.78, 5) is 13.3. The van der Waals surface area contributed by atoms with Gasteiger partial charge in [0.1, 0.15) is 5.60 Å². The number of rotatable bonds is 0. The lowest BCUT2D eigenvalue weighted by molar-refractivity contribution is 0.0148. The summed E-state index contributed by atoms with van der Waals surface area (Å²) in [5.41, 5.74) is -0.407. The van der Waals surface area contributed by atoms with Crippen LogP contribution in [0.25, 0.3) is 0 Å². The Morgan fingerprint density at radius 1 is 1.41 bits per heavy atom. The smallest absolute Gasteiger partial charge is 0.410 e. The van der Waals surface area contributed by atoms with Crippen LogP contribution in [0, 0.1) is 0 Å². The minimum absolute atomic E-state index is 0.150. The molecule has 0 unspecified atom stereocenters. The number of likely N-dealkylation sites (tertiary alicyclic amines) is 1. The van der Waals surface area contributed by atoms with Gasteiger partial charge < -0.3 is 9.64 Å². The Kier molecular flexibility index (Phi) is 4.11. The lowest BCUT2D eigenvalue weighted by Gasteiger charge is -2.35. The molecular formula is C12H19F2NO2. The topological polar surface area (TPSA) is 29.5 Å². The highest BCUT2D eigenvalue weighted by molar-refractivity contribution is 5.68. The standard InChI is InChI=1S/C12H19F2NO2/c1-8-7-9(10(13)14)5-6-15(8)11(16)17-12(2,3)4/h8H,5-7H2,1-4H3/t8-/m1/s1. The molecule has 0 aromatic carbocycles. The summed E-state index contributed by atoms with van der Waals surface area (Å²) in [5, 5.41) is 0. The predicted octanol–water partition coefficient (Wildman–Crippen LogP) is 3.56. The van der Waals surface area contributed by atoms with E-state index in [0.717, 1.165) is 0 Å². The average Bonchev–Trinajstić information content (AvgIpc) is 2.14. The van der Waals surface area contributed by atoms with E-state index < -0.39 is 17.8 Å². The minimum Gasteiger partial charge on any atom is -0.444 e. The first-order chi connectivity index (χ1) is 7.70. The summed E-state index contributed by atoms with van der Waals surface area (Å²) in [7, 11) is 0. The maximum atomic E-state index is 12.4. The molecule has 1 fully saturated rings. The van der Waals surface area contributed by atoms with Gasteiger partial charge in [0.15, 0.2) is 0 Å². The number of ether oxygens (including phenoxy) is 1. The molecule has 17 heavy (non-hydrogen) atoms. The van der Waals surface area contributed by atoms with E-state index in [4.69, 9.17) is 4.74 Å². The highest BCUT2D eigenvalue weighted by Crippen LogP contribution is 2.27. The van der Waals surface area contributed by atoms with E-state index in [1.807, 2.05) is 0 Å². The average molecular weight is 247 g/mol. The summed E-state index contributed by atoms with van der Waals surface area (Å²) < 4.78 is 30.1. The van der Waals surface area contributed by atoms with Crippen LogP contribution in [0.5, 0.6) is 0 Å². The molecule has 5 heteroatoms. The fourth-order valence-electron chi connectivity index (χ4n) is 1.81. The zero-order valence-electron chi connectivity index (χ0n) is 10.7. The zero-order chi connectivity index (χ0) is 13.2. The molecule has 1 rings (SSSR count). The molecule has 0 spiro atoms. The summed E-state index contributed by atoms with van der Waals surface area (Å²) in [6.07, 6.45) is -1.59. The van der Waals surface area contributed by atoms with Crippen LogP contribution in [0.1, 0.15) is 40.5 Å². The lowest BCUT2D eigenvalue weighted by Crippen LogP contribution is -2.45. The van der Waals surface area contributed by atoms with Crippen molar-refractivity contribution in [1.29, 1.82) is 0 Å². The second-order valence-corrected chi connectivity index (χ2v) is 5.34. The largest absolute Gasteiger partial charge is 0.444 e. The van der Waals surface area contributed by atoms with Gasteiger partial charge in [0.05, 0.1) is 0 Å². The first-order valence-corrected chi connectivity index (χ1v) is 5.73. The van der Waals surface area contributed by atoms with Crippen LogP contribution in [-0.4, -0.2) is 29.2 Å². The second-order valence-electron chi connectivity index (χ2n) is 5.34. The van der Waals surface area contributed by atoms with Gasteiger partial charge in [0.25, 0.3) is 6.08 Å². The van der Waals surface area contributed by atoms with Gasteiger partial charge in [0.2, 0.25) is 0 Å². The number of amides is 1. The van der Waals surface area contributed by atoms with E-state index in [1.165, 1.54) is 4.90 Å². The Bertz CT molecular complexity index is 330. The maximum absolute atomic E-state index is 12.4. The van der Waals surface area contributed by atoms with Gasteiger partial charge in [-0.1, -0.05) is 0 Å². The van der Waals surface area contributed by atoms with Gasteiger partial charge >= 0.3 is 6.09 Å². The maximum Gasteiger partial charge on any atom is 0.410 e. The molecule has 1 amide bonds. The molecule has 0 radical (unpaired) electrons. The predicted molar refractivity (Wildman–Crippen MR) is 60.9 cm³/mol. The van der Waals surface area contributed by atoms with Gasteiger partial charge in [-0.2, -0.15) is 8.78 Å². The number of carbonyl (C=O) groups is 1. The first-order valence-electron chi connectivity index (χ1n) is 5.73. The normalized spacial score (nSPS) is 21.4. The number of piperidine rings is 1. The molecule has 1 atom stereocenters. The Hall–Kier alpha value is -1.13. The molecular weight excluding hydrogens is 228 g/mol. The molecule has 1 aliphatic heterocycles. The van der Waals surface area contributed by atoms with Crippen molar-refractivity contribution < 1.29 is 18.3 Å². The van der Waals surface area contributed by atoms with Crippen molar-refractivity contribution in [1.82, 2.24) is 4.90 Å². The van der Waals surface area contributed by atoms with Crippen LogP contribution in [-0.2, 0) is 4.74 Å². The van der Waals surface area contributed by atoms with E-state index in [9.17, 15) is 13.6 Å². The van der Waals surface area contributed by atoms with E-state index in [2.05, 4.69) is 0 Å². The Balaban J connectivity index is 2.64. The van der Waals surface area contributed by atoms with Crippen LogP contribution in [0.15, 0.2) is 11.7 Å². The van der Waals surface area contributed by atoms with Crippen LogP contribution in [0.3, 0.4) is 0 Å². The molecule has 0 aliphatic carbocycles. The van der Waals surface area contributed by atoms with Crippen LogP contribution < -0.4 is 0 Å². The third-order valence-corrected chi connectivity index (χ3v) is 2.62. The van der Waals surface area contributed by atoms with Crippen molar-refractivity contribution >= 4 is 6.09 Å². The van der Waals surface area contributed by atoms with E-state index in [1.54, 1.807) is 27.7 Å². The van der Waals surface area contributed by atoms with Crippen LogP contribution in [0.2, 0.25) is 0 Å². The number of carbonyl (C=O) groups excluding carboxylic acids is 1. The molecule has 1 saturated heterocycles. The molecule has 0 N–H and O–H groups in total. The first kappa shape index (κ1) is 13.9. The van der Waals surface area contributed by atoms with E-state index >= 15 is 0 Å². The summed E-state index contributed by atoms with van der Waals surface area (Å²) in [5.74, 6) is 0. The van der Waals surface area contributed by atoms with Crippen LogP contribution >= 0.6 is 0 Å². The van der Waals surface area contributed by atoms with Gasteiger partial charge in [-0.15, -0.1) is 0 Å². The highest BCUT2D eigenvalue weighted by Gasteiger charge is 2.30. The third-order valence-electron chi connectivity index (χ3n) is 2.62. The van der Waals surface area contributed by atoms with Crippen molar-refractivity contribution in [3.05, 3.63) is 11.7 Å². The molecule has 0 aromatic rings.